The van der Waals surface area contributed by atoms with Gasteiger partial charge in [0.25, 0.3) is 11.8 Å². The van der Waals surface area contributed by atoms with Crippen molar-refractivity contribution in [2.75, 3.05) is 17.7 Å². The van der Waals surface area contributed by atoms with Gasteiger partial charge in [-0.3, -0.25) is 20.1 Å². The maximum absolute atomic E-state index is 13.3. The molecule has 0 atom stereocenters. The van der Waals surface area contributed by atoms with Crippen molar-refractivity contribution in [1.82, 2.24) is 25.8 Å². The topological polar surface area (TPSA) is 148 Å². The Balaban J connectivity index is 1.56. The lowest BCUT2D eigenvalue weighted by Gasteiger charge is -2.15. The maximum atomic E-state index is 13.3. The van der Waals surface area contributed by atoms with E-state index in [2.05, 4.69) is 36.4 Å². The van der Waals surface area contributed by atoms with E-state index < -0.39 is 11.8 Å². The zero-order chi connectivity index (χ0) is 26.9. The standard InChI is InChI=1S/C27H25ClN8O2/c1-30-24-9-5-8-23(35-24)18-10-11-21(28)20(12-18)26(37)36-25(34-19-6-3-2-4-7-19)13-22(29)27(38)31-14-17-15-32-33-16-17/h2-13,15-16,29,34H,14H2,1H3,(H,30,35)(H,31,38)(H,32,33)(H,36,37)/b25-13+,29-22?. The van der Waals surface area contributed by atoms with Crippen LogP contribution in [0.5, 0.6) is 0 Å². The van der Waals surface area contributed by atoms with Gasteiger partial charge >= 0.3 is 0 Å². The monoisotopic (exact) mass is 528 g/mol. The molecule has 0 unspecified atom stereocenters. The predicted octanol–water partition coefficient (Wildman–Crippen LogP) is 4.19. The van der Waals surface area contributed by atoms with Crippen LogP contribution in [0.3, 0.4) is 0 Å². The van der Waals surface area contributed by atoms with Gasteiger partial charge in [-0.1, -0.05) is 41.9 Å². The summed E-state index contributed by atoms with van der Waals surface area (Å²) in [5.41, 5.74) is 2.62. The van der Waals surface area contributed by atoms with E-state index >= 15 is 0 Å². The molecular formula is C27H25ClN8O2. The first-order valence-corrected chi connectivity index (χ1v) is 11.9. The van der Waals surface area contributed by atoms with E-state index in [1.807, 2.05) is 36.4 Å². The number of nitrogens with one attached hydrogen (secondary N) is 6. The number of halogens is 1. The molecular weight excluding hydrogens is 504 g/mol. The molecule has 10 nitrogen and oxygen atoms in total. The Bertz CT molecular complexity index is 1470. The van der Waals surface area contributed by atoms with Gasteiger partial charge in [0.1, 0.15) is 17.4 Å². The van der Waals surface area contributed by atoms with Crippen LogP contribution in [0.25, 0.3) is 11.3 Å². The number of pyridine rings is 1. The summed E-state index contributed by atoms with van der Waals surface area (Å²) in [5, 5.41) is 26.4. The van der Waals surface area contributed by atoms with Crippen LogP contribution in [0.1, 0.15) is 15.9 Å². The first-order chi connectivity index (χ1) is 18.4. The number of carbonyl (C=O) groups is 2. The summed E-state index contributed by atoms with van der Waals surface area (Å²) in [6, 6.07) is 19.6. The smallest absolute Gasteiger partial charge is 0.269 e. The summed E-state index contributed by atoms with van der Waals surface area (Å²) < 4.78 is 0. The number of aromatic nitrogens is 3. The van der Waals surface area contributed by atoms with E-state index in [1.54, 1.807) is 49.8 Å². The fourth-order valence-electron chi connectivity index (χ4n) is 3.43. The first kappa shape index (κ1) is 26.1. The lowest BCUT2D eigenvalue weighted by Crippen LogP contribution is -2.32. The number of rotatable bonds is 10. The molecule has 0 spiro atoms. The highest BCUT2D eigenvalue weighted by atomic mass is 35.5. The largest absolute Gasteiger partial charge is 0.373 e. The average Bonchev–Trinajstić information content (AvgIpc) is 3.46. The number of anilines is 2. The van der Waals surface area contributed by atoms with E-state index in [9.17, 15) is 9.59 Å². The van der Waals surface area contributed by atoms with E-state index in [0.717, 1.165) is 5.56 Å². The van der Waals surface area contributed by atoms with Crippen LogP contribution in [0, 0.1) is 5.41 Å². The lowest BCUT2D eigenvalue weighted by atomic mass is 10.1. The fourth-order valence-corrected chi connectivity index (χ4v) is 3.63. The van der Waals surface area contributed by atoms with Gasteiger partial charge in [-0.15, -0.1) is 0 Å². The Morgan fingerprint density at radius 3 is 2.63 bits per heavy atom. The van der Waals surface area contributed by atoms with Gasteiger partial charge in [-0.25, -0.2) is 4.98 Å². The molecule has 0 aliphatic carbocycles. The minimum atomic E-state index is -0.622. The third-order valence-corrected chi connectivity index (χ3v) is 5.68. The molecule has 0 radical (unpaired) electrons. The molecule has 2 aromatic carbocycles. The molecule has 2 aromatic heterocycles. The average molecular weight is 529 g/mol. The molecule has 0 saturated heterocycles. The Hall–Kier alpha value is -4.96. The van der Waals surface area contributed by atoms with Gasteiger partial charge in [-0.05, 0) is 36.4 Å². The Labute approximate surface area is 224 Å². The number of amides is 2. The number of H-pyrrole nitrogens is 1. The molecule has 192 valence electrons. The highest BCUT2D eigenvalue weighted by molar-refractivity contribution is 6.42. The van der Waals surface area contributed by atoms with E-state index in [1.165, 1.54) is 6.08 Å². The van der Waals surface area contributed by atoms with Crippen molar-refractivity contribution in [2.45, 2.75) is 6.54 Å². The molecule has 0 saturated carbocycles. The van der Waals surface area contributed by atoms with Crippen molar-refractivity contribution < 1.29 is 9.59 Å². The van der Waals surface area contributed by atoms with Gasteiger partial charge in [0, 0.05) is 42.7 Å². The number of para-hydroxylation sites is 1. The molecule has 4 aromatic rings. The zero-order valence-corrected chi connectivity index (χ0v) is 21.1. The van der Waals surface area contributed by atoms with Gasteiger partial charge in [0.15, 0.2) is 0 Å². The Morgan fingerprint density at radius 2 is 1.89 bits per heavy atom. The molecule has 0 bridgehead atoms. The normalized spacial score (nSPS) is 10.9. The minimum Gasteiger partial charge on any atom is -0.373 e. The summed E-state index contributed by atoms with van der Waals surface area (Å²) in [7, 11) is 1.77. The lowest BCUT2D eigenvalue weighted by molar-refractivity contribution is -0.114. The molecule has 2 heterocycles. The highest BCUT2D eigenvalue weighted by Crippen LogP contribution is 2.25. The Morgan fingerprint density at radius 1 is 1.08 bits per heavy atom. The number of carbonyl (C=O) groups excluding carboxylic acids is 2. The van der Waals surface area contributed by atoms with Crippen molar-refractivity contribution in [3.05, 3.63) is 107 Å². The third kappa shape index (κ3) is 6.83. The Kier molecular flexibility index (Phi) is 8.47. The first-order valence-electron chi connectivity index (χ1n) is 11.6. The van der Waals surface area contributed by atoms with E-state index in [-0.39, 0.29) is 28.7 Å². The molecule has 11 heteroatoms. The number of benzene rings is 2. The van der Waals surface area contributed by atoms with Gasteiger partial charge in [0.05, 0.1) is 22.5 Å². The van der Waals surface area contributed by atoms with E-state index in [0.29, 0.717) is 22.8 Å². The van der Waals surface area contributed by atoms with Crippen molar-refractivity contribution >= 4 is 40.6 Å². The van der Waals surface area contributed by atoms with Crippen molar-refractivity contribution in [3.63, 3.8) is 0 Å². The van der Waals surface area contributed by atoms with Crippen LogP contribution >= 0.6 is 11.6 Å². The van der Waals surface area contributed by atoms with Crippen LogP contribution in [-0.4, -0.2) is 39.8 Å². The van der Waals surface area contributed by atoms with Gasteiger partial charge < -0.3 is 21.3 Å². The van der Waals surface area contributed by atoms with Crippen LogP contribution in [-0.2, 0) is 11.3 Å². The summed E-state index contributed by atoms with van der Waals surface area (Å²) >= 11 is 6.38. The van der Waals surface area contributed by atoms with E-state index in [4.69, 9.17) is 17.0 Å². The molecule has 0 aliphatic heterocycles. The van der Waals surface area contributed by atoms with Gasteiger partial charge in [-0.2, -0.15) is 5.10 Å². The summed E-state index contributed by atoms with van der Waals surface area (Å²) in [4.78, 5) is 30.3. The SMILES string of the molecule is CNc1cccc(-c2ccc(Cl)c(C(=O)N/C(=C/C(=N)C(=O)NCc3cn[nH]c3)Nc3ccccc3)c2)n1. The van der Waals surface area contributed by atoms with Crippen molar-refractivity contribution in [3.8, 4) is 11.3 Å². The minimum absolute atomic E-state index is 0.126. The van der Waals surface area contributed by atoms with Gasteiger partial charge in [0.2, 0.25) is 0 Å². The summed E-state index contributed by atoms with van der Waals surface area (Å²) in [6.45, 7) is 0.199. The zero-order valence-electron chi connectivity index (χ0n) is 20.4. The van der Waals surface area contributed by atoms with Crippen LogP contribution in [0.4, 0.5) is 11.5 Å². The quantitative estimate of drug-likeness (QED) is 0.170. The predicted molar refractivity (Wildman–Crippen MR) is 148 cm³/mol. The maximum Gasteiger partial charge on any atom is 0.269 e. The van der Waals surface area contributed by atoms with Crippen LogP contribution < -0.4 is 21.3 Å². The second-order valence-corrected chi connectivity index (χ2v) is 8.47. The number of hydrogen-bond donors (Lipinski definition) is 6. The number of hydrogen-bond acceptors (Lipinski definition) is 7. The van der Waals surface area contributed by atoms with Crippen molar-refractivity contribution in [1.29, 1.82) is 5.41 Å². The number of nitrogens with zero attached hydrogens (tertiary/aromatic N) is 2. The third-order valence-electron chi connectivity index (χ3n) is 5.35. The molecule has 2 amide bonds. The molecule has 38 heavy (non-hydrogen) atoms. The molecule has 6 N–H and O–H groups in total. The van der Waals surface area contributed by atoms with Crippen molar-refractivity contribution in [2.24, 2.45) is 0 Å². The fraction of sp³-hybridized carbons (Fsp3) is 0.0741. The van der Waals surface area contributed by atoms with Crippen LogP contribution in [0.2, 0.25) is 5.02 Å². The molecule has 0 fully saturated rings. The molecule has 0 aliphatic rings. The second kappa shape index (κ2) is 12.3. The van der Waals surface area contributed by atoms with Crippen LogP contribution in [0.15, 0.2) is 91.0 Å². The second-order valence-electron chi connectivity index (χ2n) is 8.06. The molecule has 4 rings (SSSR count). The summed E-state index contributed by atoms with van der Waals surface area (Å²) in [6.07, 6.45) is 4.46. The number of aromatic amines is 1. The summed E-state index contributed by atoms with van der Waals surface area (Å²) in [5.74, 6) is -0.335. The highest BCUT2D eigenvalue weighted by Gasteiger charge is 2.16.